The molecule has 0 aliphatic heterocycles. The first-order valence-corrected chi connectivity index (χ1v) is 4.79. The van der Waals surface area contributed by atoms with E-state index in [1.165, 1.54) is 5.56 Å². The van der Waals surface area contributed by atoms with Crippen LogP contribution in [-0.4, -0.2) is 19.6 Å². The Morgan fingerprint density at radius 2 is 2.21 bits per heavy atom. The van der Waals surface area contributed by atoms with Gasteiger partial charge in [-0.3, -0.25) is 9.36 Å². The highest BCUT2D eigenvalue weighted by atomic mass is 15.3. The third kappa shape index (κ3) is 1.84. The third-order valence-corrected chi connectivity index (χ3v) is 2.13. The molecule has 4 nitrogen and oxygen atoms in total. The van der Waals surface area contributed by atoms with Gasteiger partial charge in [0, 0.05) is 24.5 Å². The summed E-state index contributed by atoms with van der Waals surface area (Å²) in [6.07, 6.45) is 5.93. The molecular weight excluding hydrogens is 176 g/mol. The quantitative estimate of drug-likeness (QED) is 0.734. The lowest BCUT2D eigenvalue weighted by atomic mass is 10.4. The second-order valence-corrected chi connectivity index (χ2v) is 3.36. The van der Waals surface area contributed by atoms with E-state index in [1.807, 2.05) is 34.7 Å². The molecule has 0 unspecified atom stereocenters. The van der Waals surface area contributed by atoms with Crippen LogP contribution in [0.15, 0.2) is 24.7 Å². The number of hydrogen-bond donors (Lipinski definition) is 0. The van der Waals surface area contributed by atoms with E-state index in [9.17, 15) is 0 Å². The molecular formula is C10H14N4. The van der Waals surface area contributed by atoms with E-state index in [1.54, 1.807) is 0 Å². The topological polar surface area (TPSA) is 35.6 Å². The van der Waals surface area contributed by atoms with Gasteiger partial charge in [-0.1, -0.05) is 0 Å². The van der Waals surface area contributed by atoms with Crippen molar-refractivity contribution in [2.75, 3.05) is 0 Å². The van der Waals surface area contributed by atoms with Crippen LogP contribution in [0.2, 0.25) is 0 Å². The second kappa shape index (κ2) is 3.65. The zero-order valence-electron chi connectivity index (χ0n) is 8.51. The number of aryl methyl sites for hydroxylation is 2. The first-order valence-electron chi connectivity index (χ1n) is 4.79. The van der Waals surface area contributed by atoms with Crippen LogP contribution in [0, 0.1) is 6.92 Å². The summed E-state index contributed by atoms with van der Waals surface area (Å²) in [6.45, 7) is 5.78. The number of hydrogen-bond acceptors (Lipinski definition) is 2. The molecule has 4 heteroatoms. The van der Waals surface area contributed by atoms with E-state index in [0.29, 0.717) is 0 Å². The van der Waals surface area contributed by atoms with E-state index in [2.05, 4.69) is 23.3 Å². The van der Waals surface area contributed by atoms with Crippen molar-refractivity contribution in [1.29, 1.82) is 0 Å². The minimum atomic E-state index is 0.799. The first kappa shape index (κ1) is 8.99. The summed E-state index contributed by atoms with van der Waals surface area (Å²) >= 11 is 0. The summed E-state index contributed by atoms with van der Waals surface area (Å²) < 4.78 is 3.85. The highest BCUT2D eigenvalue weighted by Gasteiger charge is 1.99. The number of aromatic nitrogens is 4. The molecule has 0 aliphatic rings. The maximum absolute atomic E-state index is 4.32. The normalized spacial score (nSPS) is 10.7. The molecule has 2 heterocycles. The average Bonchev–Trinajstić information content (AvgIpc) is 2.76. The van der Waals surface area contributed by atoms with E-state index < -0.39 is 0 Å². The van der Waals surface area contributed by atoms with Gasteiger partial charge in [0.1, 0.15) is 0 Å². The Kier molecular flexibility index (Phi) is 2.35. The summed E-state index contributed by atoms with van der Waals surface area (Å²) in [5.41, 5.74) is 2.24. The molecule has 0 spiro atoms. The van der Waals surface area contributed by atoms with E-state index in [4.69, 9.17) is 0 Å². The Labute approximate surface area is 83.2 Å². The van der Waals surface area contributed by atoms with Gasteiger partial charge >= 0.3 is 0 Å². The Hall–Kier alpha value is -1.58. The van der Waals surface area contributed by atoms with E-state index >= 15 is 0 Å². The molecule has 0 saturated heterocycles. The van der Waals surface area contributed by atoms with Crippen LogP contribution in [-0.2, 0) is 13.1 Å². The molecule has 2 rings (SSSR count). The molecule has 0 N–H and O–H groups in total. The first-order chi connectivity index (χ1) is 6.78. The van der Waals surface area contributed by atoms with Gasteiger partial charge < -0.3 is 0 Å². The van der Waals surface area contributed by atoms with Gasteiger partial charge in [-0.2, -0.15) is 10.2 Å². The zero-order valence-corrected chi connectivity index (χ0v) is 8.51. The van der Waals surface area contributed by atoms with Crippen LogP contribution in [0.3, 0.4) is 0 Å². The van der Waals surface area contributed by atoms with Crippen molar-refractivity contribution in [3.8, 4) is 0 Å². The summed E-state index contributed by atoms with van der Waals surface area (Å²) in [5, 5.41) is 8.53. The Bertz CT molecular complexity index is 413. The van der Waals surface area contributed by atoms with Gasteiger partial charge in [-0.25, -0.2) is 0 Å². The average molecular weight is 190 g/mol. The summed E-state index contributed by atoms with van der Waals surface area (Å²) in [5.74, 6) is 0. The van der Waals surface area contributed by atoms with Crippen molar-refractivity contribution in [2.24, 2.45) is 0 Å². The van der Waals surface area contributed by atoms with Gasteiger partial charge in [-0.15, -0.1) is 0 Å². The van der Waals surface area contributed by atoms with Crippen LogP contribution >= 0.6 is 0 Å². The molecule has 2 aromatic heterocycles. The predicted molar refractivity (Wildman–Crippen MR) is 54.0 cm³/mol. The van der Waals surface area contributed by atoms with Crippen molar-refractivity contribution in [2.45, 2.75) is 26.9 Å². The zero-order chi connectivity index (χ0) is 9.97. The predicted octanol–water partition coefficient (Wildman–Crippen LogP) is 1.46. The van der Waals surface area contributed by atoms with Gasteiger partial charge in [0.25, 0.3) is 0 Å². The molecule has 0 atom stereocenters. The summed E-state index contributed by atoms with van der Waals surface area (Å²) in [7, 11) is 0. The molecule has 0 aromatic carbocycles. The molecule has 14 heavy (non-hydrogen) atoms. The minimum Gasteiger partial charge on any atom is -0.273 e. The lowest BCUT2D eigenvalue weighted by Crippen LogP contribution is -1.99. The van der Waals surface area contributed by atoms with Crippen LogP contribution in [0.25, 0.3) is 0 Å². The van der Waals surface area contributed by atoms with Gasteiger partial charge in [0.2, 0.25) is 0 Å². The second-order valence-electron chi connectivity index (χ2n) is 3.36. The molecule has 0 fully saturated rings. The lowest BCUT2D eigenvalue weighted by molar-refractivity contribution is 0.653. The van der Waals surface area contributed by atoms with Crippen LogP contribution < -0.4 is 0 Å². The van der Waals surface area contributed by atoms with Crippen molar-refractivity contribution in [3.05, 3.63) is 35.9 Å². The van der Waals surface area contributed by atoms with Gasteiger partial charge in [0.15, 0.2) is 0 Å². The lowest BCUT2D eigenvalue weighted by Gasteiger charge is -1.96. The summed E-state index contributed by atoms with van der Waals surface area (Å²) in [4.78, 5) is 0. The SMILES string of the molecule is CCn1cc(Cn2ccc(C)n2)cn1. The fourth-order valence-corrected chi connectivity index (χ4v) is 1.40. The fraction of sp³-hybridized carbons (Fsp3) is 0.400. The van der Waals surface area contributed by atoms with Gasteiger partial charge in [-0.05, 0) is 19.9 Å². The monoisotopic (exact) mass is 190 g/mol. The van der Waals surface area contributed by atoms with Crippen molar-refractivity contribution >= 4 is 0 Å². The molecule has 2 aromatic rings. The molecule has 0 bridgehead atoms. The molecule has 74 valence electrons. The van der Waals surface area contributed by atoms with Crippen molar-refractivity contribution in [1.82, 2.24) is 19.6 Å². The Morgan fingerprint density at radius 1 is 1.36 bits per heavy atom. The maximum Gasteiger partial charge on any atom is 0.0690 e. The van der Waals surface area contributed by atoms with Crippen LogP contribution in [0.1, 0.15) is 18.2 Å². The highest BCUT2D eigenvalue weighted by Crippen LogP contribution is 2.01. The molecule has 0 aliphatic carbocycles. The maximum atomic E-state index is 4.32. The standard InChI is InChI=1S/C10H14N4/c1-3-13-7-10(6-11-13)8-14-5-4-9(2)12-14/h4-7H,3,8H2,1-2H3. The highest BCUT2D eigenvalue weighted by molar-refractivity contribution is 5.05. The van der Waals surface area contributed by atoms with Gasteiger partial charge in [0.05, 0.1) is 18.4 Å². The third-order valence-electron chi connectivity index (χ3n) is 2.13. The number of nitrogens with zero attached hydrogens (tertiary/aromatic N) is 4. The molecule has 0 radical (unpaired) electrons. The Morgan fingerprint density at radius 3 is 2.79 bits per heavy atom. The van der Waals surface area contributed by atoms with E-state index in [0.717, 1.165) is 18.8 Å². The summed E-state index contributed by atoms with van der Waals surface area (Å²) in [6, 6.07) is 2.00. The molecule has 0 saturated carbocycles. The van der Waals surface area contributed by atoms with Crippen molar-refractivity contribution in [3.63, 3.8) is 0 Å². The smallest absolute Gasteiger partial charge is 0.0690 e. The minimum absolute atomic E-state index is 0.799. The molecule has 0 amide bonds. The van der Waals surface area contributed by atoms with E-state index in [-0.39, 0.29) is 0 Å². The van der Waals surface area contributed by atoms with Crippen LogP contribution in [0.5, 0.6) is 0 Å². The van der Waals surface area contributed by atoms with Crippen LogP contribution in [0.4, 0.5) is 0 Å². The number of rotatable bonds is 3. The Balaban J connectivity index is 2.10. The largest absolute Gasteiger partial charge is 0.273 e. The van der Waals surface area contributed by atoms with Crippen molar-refractivity contribution < 1.29 is 0 Å². The fourth-order valence-electron chi connectivity index (χ4n) is 1.40.